The van der Waals surface area contributed by atoms with Gasteiger partial charge in [0.15, 0.2) is 0 Å². The van der Waals surface area contributed by atoms with Gasteiger partial charge < -0.3 is 14.8 Å². The molecule has 7 nitrogen and oxygen atoms in total. The molecule has 100 valence electrons. The molecule has 0 aliphatic heterocycles. The van der Waals surface area contributed by atoms with Gasteiger partial charge in [0.05, 0.1) is 0 Å². The molecule has 1 aromatic heterocycles. The number of carbonyl (C=O) groups is 1. The molecule has 0 aliphatic rings. The van der Waals surface area contributed by atoms with Crippen LogP contribution in [0.2, 0.25) is 0 Å². The van der Waals surface area contributed by atoms with Gasteiger partial charge in [-0.3, -0.25) is 4.79 Å². The molecule has 0 spiro atoms. The Hall–Kier alpha value is -2.57. The first-order chi connectivity index (χ1) is 9.38. The number of ether oxygens (including phenoxy) is 2. The normalized spacial score (nSPS) is 9.89. The Kier molecular flexibility index (Phi) is 4.74. The number of carbonyl (C=O) groups excluding carboxylic acids is 1. The van der Waals surface area contributed by atoms with Crippen molar-refractivity contribution in [3.05, 3.63) is 36.2 Å². The van der Waals surface area contributed by atoms with Gasteiger partial charge in [-0.25, -0.2) is 5.10 Å². The lowest BCUT2D eigenvalue weighted by molar-refractivity contribution is -0.109. The number of nitrogens with one attached hydrogen (secondary N) is 2. The second-order valence-electron chi connectivity index (χ2n) is 3.63. The first-order valence-corrected chi connectivity index (χ1v) is 5.75. The number of aromatic nitrogens is 3. The third-order valence-corrected chi connectivity index (χ3v) is 2.27. The molecular formula is C12H14N4O3. The topological polar surface area (TPSA) is 89.1 Å². The maximum absolute atomic E-state index is 10.2. The Balaban J connectivity index is 1.74. The molecule has 0 radical (unpaired) electrons. The largest absolute Gasteiger partial charge is 0.490 e. The summed E-state index contributed by atoms with van der Waals surface area (Å²) in [6, 6.07) is 7.86. The zero-order valence-electron chi connectivity index (χ0n) is 10.2. The average molecular weight is 262 g/mol. The van der Waals surface area contributed by atoms with Gasteiger partial charge in [0.2, 0.25) is 6.41 Å². The highest BCUT2D eigenvalue weighted by atomic mass is 16.5. The highest BCUT2D eigenvalue weighted by molar-refractivity contribution is 5.46. The van der Waals surface area contributed by atoms with E-state index in [4.69, 9.17) is 9.47 Å². The molecule has 2 rings (SSSR count). The van der Waals surface area contributed by atoms with Crippen LogP contribution in [-0.4, -0.2) is 34.8 Å². The molecule has 1 amide bonds. The van der Waals surface area contributed by atoms with Crippen molar-refractivity contribution in [2.75, 3.05) is 13.2 Å². The van der Waals surface area contributed by atoms with E-state index in [1.165, 1.54) is 6.33 Å². The van der Waals surface area contributed by atoms with Crippen LogP contribution in [-0.2, 0) is 11.3 Å². The molecule has 0 unspecified atom stereocenters. The zero-order chi connectivity index (χ0) is 13.3. The number of aromatic amines is 1. The van der Waals surface area contributed by atoms with Crippen LogP contribution in [0.3, 0.4) is 0 Å². The van der Waals surface area contributed by atoms with Crippen LogP contribution in [0.4, 0.5) is 0 Å². The summed E-state index contributed by atoms with van der Waals surface area (Å²) in [5.74, 6) is 0.728. The summed E-state index contributed by atoms with van der Waals surface area (Å²) in [7, 11) is 0. The van der Waals surface area contributed by atoms with E-state index in [1.807, 2.05) is 24.3 Å². The number of amides is 1. The first-order valence-electron chi connectivity index (χ1n) is 5.75. The van der Waals surface area contributed by atoms with Gasteiger partial charge in [0, 0.05) is 6.54 Å². The zero-order valence-corrected chi connectivity index (χ0v) is 10.2. The summed E-state index contributed by atoms with van der Waals surface area (Å²) in [6.07, 6.45) is 2.04. The van der Waals surface area contributed by atoms with Gasteiger partial charge in [-0.1, -0.05) is 12.1 Å². The van der Waals surface area contributed by atoms with Crippen molar-refractivity contribution in [2.24, 2.45) is 0 Å². The number of hydrogen-bond donors (Lipinski definition) is 2. The summed E-state index contributed by atoms with van der Waals surface area (Å²) < 4.78 is 10.8. The molecule has 2 aromatic rings. The van der Waals surface area contributed by atoms with Crippen molar-refractivity contribution in [3.8, 4) is 11.8 Å². The minimum absolute atomic E-state index is 0.367. The van der Waals surface area contributed by atoms with Crippen LogP contribution in [0.1, 0.15) is 5.56 Å². The van der Waals surface area contributed by atoms with Crippen LogP contribution in [0, 0.1) is 0 Å². The minimum atomic E-state index is 0.367. The molecule has 2 N–H and O–H groups in total. The van der Waals surface area contributed by atoms with Gasteiger partial charge in [-0.05, 0) is 17.7 Å². The van der Waals surface area contributed by atoms with E-state index in [0.717, 1.165) is 11.3 Å². The van der Waals surface area contributed by atoms with Crippen LogP contribution < -0.4 is 14.8 Å². The Morgan fingerprint density at radius 1 is 1.32 bits per heavy atom. The monoisotopic (exact) mass is 262 g/mol. The van der Waals surface area contributed by atoms with Gasteiger partial charge in [-0.2, -0.15) is 10.1 Å². The highest BCUT2D eigenvalue weighted by Gasteiger charge is 1.98. The predicted octanol–water partition coefficient (Wildman–Crippen LogP) is 0.508. The van der Waals surface area contributed by atoms with Gasteiger partial charge in [0.25, 0.3) is 0 Å². The van der Waals surface area contributed by atoms with E-state index < -0.39 is 0 Å². The number of benzene rings is 1. The molecule has 0 aliphatic carbocycles. The molecule has 0 fully saturated rings. The molecule has 0 saturated heterocycles. The standard InChI is InChI=1S/C12H14N4O3/c17-9-13-7-10-2-1-3-11(6-10)18-4-5-19-12-14-8-15-16-12/h1-3,6,8-9H,4-5,7H2,(H,13,17)(H,14,15,16). The van der Waals surface area contributed by atoms with Crippen molar-refractivity contribution in [1.82, 2.24) is 20.5 Å². The van der Waals surface area contributed by atoms with Crippen molar-refractivity contribution < 1.29 is 14.3 Å². The lowest BCUT2D eigenvalue weighted by atomic mass is 10.2. The van der Waals surface area contributed by atoms with E-state index >= 15 is 0 Å². The van der Waals surface area contributed by atoms with Crippen LogP contribution in [0.15, 0.2) is 30.6 Å². The van der Waals surface area contributed by atoms with E-state index in [-0.39, 0.29) is 0 Å². The molecule has 7 heteroatoms. The number of hydrogen-bond acceptors (Lipinski definition) is 5. The number of H-pyrrole nitrogens is 1. The first kappa shape index (κ1) is 12.9. The van der Waals surface area contributed by atoms with Crippen molar-refractivity contribution in [3.63, 3.8) is 0 Å². The molecule has 1 aromatic carbocycles. The van der Waals surface area contributed by atoms with Crippen molar-refractivity contribution in [2.45, 2.75) is 6.54 Å². The Labute approximate surface area is 110 Å². The predicted molar refractivity (Wildman–Crippen MR) is 66.7 cm³/mol. The average Bonchev–Trinajstić information content (AvgIpc) is 2.95. The molecule has 1 heterocycles. The second-order valence-corrected chi connectivity index (χ2v) is 3.63. The van der Waals surface area contributed by atoms with Gasteiger partial charge in [-0.15, -0.1) is 0 Å². The Bertz CT molecular complexity index is 501. The smallest absolute Gasteiger partial charge is 0.312 e. The fraction of sp³-hybridized carbons (Fsp3) is 0.250. The van der Waals surface area contributed by atoms with Crippen LogP contribution in [0.25, 0.3) is 0 Å². The number of rotatable bonds is 8. The fourth-order valence-electron chi connectivity index (χ4n) is 1.47. The minimum Gasteiger partial charge on any atom is -0.490 e. The third-order valence-electron chi connectivity index (χ3n) is 2.27. The fourth-order valence-corrected chi connectivity index (χ4v) is 1.47. The summed E-state index contributed by atoms with van der Waals surface area (Å²) in [5, 5.41) is 8.85. The number of nitrogens with zero attached hydrogens (tertiary/aromatic N) is 2. The van der Waals surface area contributed by atoms with Gasteiger partial charge >= 0.3 is 6.01 Å². The molecule has 0 bridgehead atoms. The maximum Gasteiger partial charge on any atom is 0.312 e. The quantitative estimate of drug-likeness (QED) is 0.534. The lowest BCUT2D eigenvalue weighted by Gasteiger charge is -2.08. The SMILES string of the molecule is O=CNCc1cccc(OCCOc2ncn[nH]2)c1. The Morgan fingerprint density at radius 2 is 2.21 bits per heavy atom. The van der Waals surface area contributed by atoms with Gasteiger partial charge in [0.1, 0.15) is 25.3 Å². The van der Waals surface area contributed by atoms with Crippen LogP contribution >= 0.6 is 0 Å². The van der Waals surface area contributed by atoms with Crippen molar-refractivity contribution in [1.29, 1.82) is 0 Å². The molecule has 0 saturated carbocycles. The maximum atomic E-state index is 10.2. The lowest BCUT2D eigenvalue weighted by Crippen LogP contribution is -2.11. The van der Waals surface area contributed by atoms with E-state index in [2.05, 4.69) is 20.5 Å². The molecule has 0 atom stereocenters. The molecule has 19 heavy (non-hydrogen) atoms. The highest BCUT2D eigenvalue weighted by Crippen LogP contribution is 2.13. The molecular weight excluding hydrogens is 248 g/mol. The summed E-state index contributed by atoms with van der Waals surface area (Å²) in [4.78, 5) is 14.0. The van der Waals surface area contributed by atoms with E-state index in [9.17, 15) is 4.79 Å². The van der Waals surface area contributed by atoms with Crippen molar-refractivity contribution >= 4 is 6.41 Å². The second kappa shape index (κ2) is 7.00. The summed E-state index contributed by atoms with van der Waals surface area (Å²) in [6.45, 7) is 1.24. The van der Waals surface area contributed by atoms with E-state index in [1.54, 1.807) is 0 Å². The summed E-state index contributed by atoms with van der Waals surface area (Å²) >= 11 is 0. The Morgan fingerprint density at radius 3 is 3.00 bits per heavy atom. The summed E-state index contributed by atoms with van der Waals surface area (Å²) in [5.41, 5.74) is 0.973. The van der Waals surface area contributed by atoms with E-state index in [0.29, 0.717) is 32.2 Å². The van der Waals surface area contributed by atoms with Crippen LogP contribution in [0.5, 0.6) is 11.8 Å². The third kappa shape index (κ3) is 4.30.